The van der Waals surface area contributed by atoms with Gasteiger partial charge in [-0.05, 0) is 29.3 Å². The van der Waals surface area contributed by atoms with Crippen LogP contribution in [-0.4, -0.2) is 14.5 Å². The number of hydrogen-bond donors (Lipinski definition) is 0. The lowest BCUT2D eigenvalue weighted by molar-refractivity contribution is 0.749. The second kappa shape index (κ2) is 7.45. The largest absolute Gasteiger partial charge is 0.294 e. The maximum Gasteiger partial charge on any atom is 0.263 e. The first-order valence-electron chi connectivity index (χ1n) is 9.34. The Hall–Kier alpha value is -3.57. The normalized spacial score (nSPS) is 11.6. The van der Waals surface area contributed by atoms with E-state index in [1.165, 1.54) is 11.3 Å². The molecular weight excluding hydrogens is 378 g/mol. The lowest BCUT2D eigenvalue weighted by atomic mass is 10.2. The zero-order valence-electron chi connectivity index (χ0n) is 15.5. The molecule has 2 aromatic heterocycles. The third-order valence-corrected chi connectivity index (χ3v) is 5.83. The average Bonchev–Trinajstić information content (AvgIpc) is 3.19. The van der Waals surface area contributed by atoms with Gasteiger partial charge in [0.15, 0.2) is 0 Å². The second-order valence-electron chi connectivity index (χ2n) is 6.77. The van der Waals surface area contributed by atoms with E-state index in [4.69, 9.17) is 0 Å². The molecule has 5 aromatic rings. The van der Waals surface area contributed by atoms with Crippen LogP contribution in [0, 0.1) is 0 Å². The Bertz CT molecular complexity index is 1390. The maximum atomic E-state index is 13.2. The Morgan fingerprint density at radius 3 is 2.38 bits per heavy atom. The standard InChI is InChI=1S/C24H17N3OS/c28-24-22-19(25-16-27(24)15-18-9-5-2-6-10-18)12-13-20-23(22)29-21(26-20)14-11-17-7-3-1-4-8-17/h1-14,16H,15H2/b14-11+. The molecule has 0 amide bonds. The van der Waals surface area contributed by atoms with Crippen LogP contribution in [0.4, 0.5) is 0 Å². The Labute approximate surface area is 171 Å². The lowest BCUT2D eigenvalue weighted by Gasteiger charge is -2.07. The highest BCUT2D eigenvalue weighted by Crippen LogP contribution is 2.28. The Kier molecular flexibility index (Phi) is 4.50. The van der Waals surface area contributed by atoms with Crippen molar-refractivity contribution in [2.24, 2.45) is 0 Å². The van der Waals surface area contributed by atoms with Gasteiger partial charge in [-0.1, -0.05) is 66.7 Å². The summed E-state index contributed by atoms with van der Waals surface area (Å²) in [5, 5.41) is 1.51. The van der Waals surface area contributed by atoms with Gasteiger partial charge in [0.2, 0.25) is 0 Å². The molecule has 140 valence electrons. The fourth-order valence-electron chi connectivity index (χ4n) is 3.34. The molecular formula is C24H17N3OS. The predicted octanol–water partition coefficient (Wildman–Crippen LogP) is 5.22. The molecule has 0 bridgehead atoms. The zero-order chi connectivity index (χ0) is 19.6. The van der Waals surface area contributed by atoms with E-state index in [1.54, 1.807) is 10.9 Å². The molecule has 0 fully saturated rings. The monoisotopic (exact) mass is 395 g/mol. The summed E-state index contributed by atoms with van der Waals surface area (Å²) in [6.07, 6.45) is 5.65. The van der Waals surface area contributed by atoms with Gasteiger partial charge in [-0.2, -0.15) is 0 Å². The van der Waals surface area contributed by atoms with Crippen molar-refractivity contribution >= 4 is 44.6 Å². The van der Waals surface area contributed by atoms with Gasteiger partial charge in [-0.3, -0.25) is 9.36 Å². The summed E-state index contributed by atoms with van der Waals surface area (Å²) in [6, 6.07) is 23.8. The van der Waals surface area contributed by atoms with Crippen molar-refractivity contribution < 1.29 is 0 Å². The number of nitrogens with zero attached hydrogens (tertiary/aromatic N) is 3. The molecule has 0 spiro atoms. The van der Waals surface area contributed by atoms with E-state index in [9.17, 15) is 4.79 Å². The first-order chi connectivity index (χ1) is 14.3. The molecule has 5 rings (SSSR count). The van der Waals surface area contributed by atoms with Crippen LogP contribution >= 0.6 is 11.3 Å². The van der Waals surface area contributed by atoms with Crippen molar-refractivity contribution in [3.63, 3.8) is 0 Å². The SMILES string of the molecule is O=c1c2c(ccc3nc(/C=C/c4ccccc4)sc32)ncn1Cc1ccccc1. The molecule has 0 atom stereocenters. The number of aromatic nitrogens is 3. The van der Waals surface area contributed by atoms with E-state index in [1.807, 2.05) is 84.9 Å². The molecule has 0 aliphatic heterocycles. The van der Waals surface area contributed by atoms with Crippen molar-refractivity contribution in [3.05, 3.63) is 106 Å². The minimum Gasteiger partial charge on any atom is -0.294 e. The van der Waals surface area contributed by atoms with Crippen LogP contribution in [0.25, 0.3) is 33.3 Å². The summed E-state index contributed by atoms with van der Waals surface area (Å²) in [5.41, 5.74) is 3.68. The van der Waals surface area contributed by atoms with E-state index in [0.717, 1.165) is 26.4 Å². The average molecular weight is 395 g/mol. The molecule has 0 unspecified atom stereocenters. The van der Waals surface area contributed by atoms with Crippen LogP contribution in [0.15, 0.2) is 83.9 Å². The van der Waals surface area contributed by atoms with Gasteiger partial charge in [0.25, 0.3) is 5.56 Å². The third kappa shape index (κ3) is 3.48. The van der Waals surface area contributed by atoms with Gasteiger partial charge in [-0.25, -0.2) is 9.97 Å². The van der Waals surface area contributed by atoms with E-state index >= 15 is 0 Å². The Morgan fingerprint density at radius 2 is 1.59 bits per heavy atom. The third-order valence-electron chi connectivity index (χ3n) is 4.78. The van der Waals surface area contributed by atoms with Gasteiger partial charge < -0.3 is 0 Å². The molecule has 0 saturated heterocycles. The van der Waals surface area contributed by atoms with E-state index in [-0.39, 0.29) is 5.56 Å². The maximum absolute atomic E-state index is 13.2. The van der Waals surface area contributed by atoms with Crippen molar-refractivity contribution in [1.29, 1.82) is 0 Å². The second-order valence-corrected chi connectivity index (χ2v) is 7.80. The molecule has 5 heteroatoms. The minimum atomic E-state index is -0.0355. The molecule has 0 aliphatic carbocycles. The number of hydrogen-bond acceptors (Lipinski definition) is 4. The summed E-state index contributed by atoms with van der Waals surface area (Å²) in [4.78, 5) is 22.4. The van der Waals surface area contributed by atoms with Crippen LogP contribution in [0.5, 0.6) is 0 Å². The smallest absolute Gasteiger partial charge is 0.263 e. The minimum absolute atomic E-state index is 0.0355. The lowest BCUT2D eigenvalue weighted by Crippen LogP contribution is -2.21. The first kappa shape index (κ1) is 17.5. The molecule has 0 radical (unpaired) electrons. The van der Waals surface area contributed by atoms with Crippen molar-refractivity contribution in [1.82, 2.24) is 14.5 Å². The molecule has 29 heavy (non-hydrogen) atoms. The number of benzene rings is 3. The Balaban J connectivity index is 1.60. The fourth-order valence-corrected chi connectivity index (χ4v) is 4.34. The van der Waals surface area contributed by atoms with Gasteiger partial charge in [0, 0.05) is 0 Å². The molecule has 3 aromatic carbocycles. The highest BCUT2D eigenvalue weighted by atomic mass is 32.1. The first-order valence-corrected chi connectivity index (χ1v) is 10.2. The fraction of sp³-hybridized carbons (Fsp3) is 0.0417. The highest BCUT2D eigenvalue weighted by molar-refractivity contribution is 7.20. The van der Waals surface area contributed by atoms with Crippen molar-refractivity contribution in [2.45, 2.75) is 6.54 Å². The molecule has 0 N–H and O–H groups in total. The molecule has 2 heterocycles. The molecule has 4 nitrogen and oxygen atoms in total. The zero-order valence-corrected chi connectivity index (χ0v) is 16.3. The van der Waals surface area contributed by atoms with Gasteiger partial charge in [0.1, 0.15) is 5.01 Å². The van der Waals surface area contributed by atoms with Crippen LogP contribution in [-0.2, 0) is 6.54 Å². The molecule has 0 saturated carbocycles. The van der Waals surface area contributed by atoms with Gasteiger partial charge in [-0.15, -0.1) is 11.3 Å². The van der Waals surface area contributed by atoms with Crippen LogP contribution in [0.1, 0.15) is 16.1 Å². The molecule has 0 aliphatic rings. The number of fused-ring (bicyclic) bond motifs is 3. The summed E-state index contributed by atoms with van der Waals surface area (Å²) in [6.45, 7) is 0.499. The van der Waals surface area contributed by atoms with Crippen molar-refractivity contribution in [3.8, 4) is 0 Å². The van der Waals surface area contributed by atoms with Gasteiger partial charge >= 0.3 is 0 Å². The topological polar surface area (TPSA) is 47.8 Å². The predicted molar refractivity (Wildman–Crippen MR) is 120 cm³/mol. The Morgan fingerprint density at radius 1 is 0.862 bits per heavy atom. The van der Waals surface area contributed by atoms with Crippen LogP contribution in [0.3, 0.4) is 0 Å². The number of thiazole rings is 1. The summed E-state index contributed by atoms with van der Waals surface area (Å²) in [5.74, 6) is 0. The summed E-state index contributed by atoms with van der Waals surface area (Å²) < 4.78 is 2.55. The van der Waals surface area contributed by atoms with E-state index < -0.39 is 0 Å². The van der Waals surface area contributed by atoms with Crippen LogP contribution < -0.4 is 5.56 Å². The highest BCUT2D eigenvalue weighted by Gasteiger charge is 2.12. The van der Waals surface area contributed by atoms with Crippen molar-refractivity contribution in [2.75, 3.05) is 0 Å². The summed E-state index contributed by atoms with van der Waals surface area (Å²) in [7, 11) is 0. The summed E-state index contributed by atoms with van der Waals surface area (Å²) >= 11 is 1.52. The quantitative estimate of drug-likeness (QED) is 0.419. The van der Waals surface area contributed by atoms with E-state index in [0.29, 0.717) is 17.4 Å². The van der Waals surface area contributed by atoms with E-state index in [2.05, 4.69) is 9.97 Å². The van der Waals surface area contributed by atoms with Crippen LogP contribution in [0.2, 0.25) is 0 Å². The number of rotatable bonds is 4. The van der Waals surface area contributed by atoms with Gasteiger partial charge in [0.05, 0.1) is 34.0 Å².